The number of H-pyrrole nitrogens is 1. The average Bonchev–Trinajstić information content (AvgIpc) is 3.55. The number of nitrogens with zero attached hydrogens (tertiary/aromatic N) is 3. The van der Waals surface area contributed by atoms with Crippen LogP contribution < -0.4 is 20.1 Å². The van der Waals surface area contributed by atoms with Crippen molar-refractivity contribution in [3.8, 4) is 22.8 Å². The molecule has 0 bridgehead atoms. The van der Waals surface area contributed by atoms with Crippen molar-refractivity contribution in [3.63, 3.8) is 0 Å². The molecule has 0 radical (unpaired) electrons. The molecule has 218 valence electrons. The number of nitrogens with one attached hydrogen (secondary N) is 3. The highest BCUT2D eigenvalue weighted by Crippen LogP contribution is 2.38. The number of fused-ring (bicyclic) bond motifs is 2. The summed E-state index contributed by atoms with van der Waals surface area (Å²) in [6.07, 6.45) is -2.16. The molecule has 1 aliphatic rings. The van der Waals surface area contributed by atoms with Crippen LogP contribution in [0.5, 0.6) is 11.6 Å². The van der Waals surface area contributed by atoms with Gasteiger partial charge in [0.15, 0.2) is 17.2 Å². The van der Waals surface area contributed by atoms with Crippen LogP contribution in [0.25, 0.3) is 33.3 Å². The molecule has 14 heteroatoms. The Labute approximate surface area is 236 Å². The zero-order valence-electron chi connectivity index (χ0n) is 22.5. The van der Waals surface area contributed by atoms with Crippen LogP contribution in [-0.4, -0.2) is 58.6 Å². The Morgan fingerprint density at radius 2 is 1.90 bits per heavy atom. The molecule has 42 heavy (non-hydrogen) atoms. The third-order valence-corrected chi connectivity index (χ3v) is 6.69. The first-order valence-electron chi connectivity index (χ1n) is 13.1. The summed E-state index contributed by atoms with van der Waals surface area (Å²) in [7, 11) is 1.37. The summed E-state index contributed by atoms with van der Waals surface area (Å²) in [4.78, 5) is 28.6. The number of carbonyl (C=O) groups is 1. The maximum atomic E-state index is 13.2. The fourth-order valence-corrected chi connectivity index (χ4v) is 4.77. The Balaban J connectivity index is 1.43. The Kier molecular flexibility index (Phi) is 7.06. The Morgan fingerprint density at radius 1 is 1.10 bits per heavy atom. The summed E-state index contributed by atoms with van der Waals surface area (Å²) in [5.74, 6) is -0.461. The largest absolute Gasteiger partial charge is 0.573 e. The van der Waals surface area contributed by atoms with E-state index in [1.807, 2.05) is 18.2 Å². The van der Waals surface area contributed by atoms with Gasteiger partial charge in [-0.25, -0.2) is 4.98 Å². The van der Waals surface area contributed by atoms with Crippen LogP contribution in [-0.2, 0) is 4.74 Å². The Bertz CT molecular complexity index is 1780. The summed E-state index contributed by atoms with van der Waals surface area (Å²) in [5, 5.41) is 5.76. The van der Waals surface area contributed by atoms with Crippen molar-refractivity contribution >= 4 is 39.7 Å². The van der Waals surface area contributed by atoms with Crippen molar-refractivity contribution in [1.82, 2.24) is 25.3 Å². The summed E-state index contributed by atoms with van der Waals surface area (Å²) >= 11 is 0. The average molecular weight is 583 g/mol. The quantitative estimate of drug-likeness (QED) is 0.223. The number of aromatic amines is 1. The molecule has 11 nitrogen and oxygen atoms in total. The second kappa shape index (κ2) is 10.9. The standard InChI is InChI=1S/C28H25F3N6O5/c1-14-34-19-5-3-15(11-21(19)40-14)18-13-33-24-23(18)26(41-17-7-9-39-10-8-17)37-27(36-24)35-20-6-4-16(25(38)32-2)12-22(20)42-28(29,30)31/h3-6,11-13,17H,7-10H2,1-2H3,(H,32,38)(H2,33,35,36,37). The Morgan fingerprint density at radius 3 is 2.67 bits per heavy atom. The van der Waals surface area contributed by atoms with Gasteiger partial charge in [0.25, 0.3) is 5.91 Å². The third-order valence-electron chi connectivity index (χ3n) is 6.69. The van der Waals surface area contributed by atoms with Gasteiger partial charge in [-0.3, -0.25) is 4.79 Å². The molecule has 2 aromatic carbocycles. The highest BCUT2D eigenvalue weighted by atomic mass is 19.4. The second-order valence-electron chi connectivity index (χ2n) is 9.59. The van der Waals surface area contributed by atoms with E-state index in [4.69, 9.17) is 13.9 Å². The molecule has 0 aliphatic carbocycles. The Hall–Kier alpha value is -4.85. The second-order valence-corrected chi connectivity index (χ2v) is 9.59. The molecule has 4 heterocycles. The minimum absolute atomic E-state index is 0.0184. The molecule has 3 N–H and O–H groups in total. The summed E-state index contributed by atoms with van der Waals surface area (Å²) in [6.45, 7) is 2.83. The van der Waals surface area contributed by atoms with Crippen LogP contribution in [0.1, 0.15) is 29.1 Å². The van der Waals surface area contributed by atoms with E-state index >= 15 is 0 Å². The molecule has 3 aromatic heterocycles. The number of oxazole rings is 1. The molecule has 6 rings (SSSR count). The van der Waals surface area contributed by atoms with E-state index in [1.165, 1.54) is 19.2 Å². The zero-order valence-corrected chi connectivity index (χ0v) is 22.5. The van der Waals surface area contributed by atoms with Crippen molar-refractivity contribution in [2.75, 3.05) is 25.6 Å². The van der Waals surface area contributed by atoms with E-state index in [0.29, 0.717) is 48.6 Å². The van der Waals surface area contributed by atoms with Crippen LogP contribution in [0.3, 0.4) is 0 Å². The number of hydrogen-bond acceptors (Lipinski definition) is 9. The number of aryl methyl sites for hydroxylation is 1. The summed E-state index contributed by atoms with van der Waals surface area (Å²) in [6, 6.07) is 9.23. The van der Waals surface area contributed by atoms with Crippen LogP contribution in [0.4, 0.5) is 24.8 Å². The van der Waals surface area contributed by atoms with Crippen LogP contribution in [0.15, 0.2) is 47.0 Å². The van der Waals surface area contributed by atoms with Crippen LogP contribution in [0, 0.1) is 6.92 Å². The molecule has 1 saturated heterocycles. The number of ether oxygens (including phenoxy) is 3. The van der Waals surface area contributed by atoms with Gasteiger partial charge in [0.2, 0.25) is 11.8 Å². The predicted molar refractivity (Wildman–Crippen MR) is 146 cm³/mol. The lowest BCUT2D eigenvalue weighted by molar-refractivity contribution is -0.274. The number of benzene rings is 2. The van der Waals surface area contributed by atoms with Crippen molar-refractivity contribution < 1.29 is 36.6 Å². The maximum absolute atomic E-state index is 13.2. The van der Waals surface area contributed by atoms with E-state index in [2.05, 4.69) is 35.3 Å². The lowest BCUT2D eigenvalue weighted by Gasteiger charge is -2.23. The molecule has 1 fully saturated rings. The molecule has 1 aliphatic heterocycles. The topological polar surface area (TPSA) is 136 Å². The molecule has 0 unspecified atom stereocenters. The number of carbonyl (C=O) groups excluding carboxylic acids is 1. The van der Waals surface area contributed by atoms with E-state index in [9.17, 15) is 18.0 Å². The lowest BCUT2D eigenvalue weighted by Crippen LogP contribution is -2.26. The molecular formula is C28H25F3N6O5. The fraction of sp³-hybridized carbons (Fsp3) is 0.286. The van der Waals surface area contributed by atoms with Crippen LogP contribution in [0.2, 0.25) is 0 Å². The lowest BCUT2D eigenvalue weighted by atomic mass is 10.1. The molecule has 0 atom stereocenters. The number of alkyl halides is 3. The summed E-state index contributed by atoms with van der Waals surface area (Å²) in [5.41, 5.74) is 3.14. The molecular weight excluding hydrogens is 557 g/mol. The fourth-order valence-electron chi connectivity index (χ4n) is 4.77. The molecule has 0 saturated carbocycles. The normalized spacial score (nSPS) is 14.3. The van der Waals surface area contributed by atoms with Crippen molar-refractivity contribution in [3.05, 3.63) is 54.0 Å². The van der Waals surface area contributed by atoms with Gasteiger partial charge < -0.3 is 34.2 Å². The zero-order chi connectivity index (χ0) is 29.4. The van der Waals surface area contributed by atoms with Gasteiger partial charge in [-0.05, 0) is 35.9 Å². The van der Waals surface area contributed by atoms with E-state index in [-0.39, 0.29) is 29.2 Å². The number of amides is 1. The monoisotopic (exact) mass is 582 g/mol. The highest BCUT2D eigenvalue weighted by molar-refractivity contribution is 5.99. The number of rotatable bonds is 7. The smallest absolute Gasteiger partial charge is 0.474 e. The van der Waals surface area contributed by atoms with E-state index in [0.717, 1.165) is 22.7 Å². The van der Waals surface area contributed by atoms with Gasteiger partial charge in [-0.2, -0.15) is 9.97 Å². The molecule has 0 spiro atoms. The SMILES string of the molecule is CNC(=O)c1ccc(Nc2nc(OC3CCOCC3)c3c(-c4ccc5nc(C)oc5c4)c[nH]c3n2)c(OC(F)(F)F)c1. The predicted octanol–water partition coefficient (Wildman–Crippen LogP) is 5.63. The number of anilines is 2. The van der Waals surface area contributed by atoms with Gasteiger partial charge >= 0.3 is 6.36 Å². The first-order valence-corrected chi connectivity index (χ1v) is 13.1. The van der Waals surface area contributed by atoms with E-state index in [1.54, 1.807) is 13.1 Å². The first-order chi connectivity index (χ1) is 20.2. The van der Waals surface area contributed by atoms with Crippen molar-refractivity contribution in [2.45, 2.75) is 32.2 Å². The number of hydrogen-bond donors (Lipinski definition) is 3. The highest BCUT2D eigenvalue weighted by Gasteiger charge is 2.33. The van der Waals surface area contributed by atoms with Crippen molar-refractivity contribution in [1.29, 1.82) is 0 Å². The van der Waals surface area contributed by atoms with E-state index < -0.39 is 18.0 Å². The van der Waals surface area contributed by atoms with Gasteiger partial charge in [0.05, 0.1) is 24.3 Å². The van der Waals surface area contributed by atoms with Gasteiger partial charge in [0.1, 0.15) is 17.3 Å². The first kappa shape index (κ1) is 27.3. The van der Waals surface area contributed by atoms with Crippen molar-refractivity contribution in [2.24, 2.45) is 0 Å². The minimum atomic E-state index is -5.00. The summed E-state index contributed by atoms with van der Waals surface area (Å²) < 4.78 is 61.4. The van der Waals surface area contributed by atoms with Gasteiger partial charge in [-0.15, -0.1) is 13.2 Å². The van der Waals surface area contributed by atoms with Gasteiger partial charge in [0, 0.05) is 44.1 Å². The molecule has 5 aromatic rings. The maximum Gasteiger partial charge on any atom is 0.573 e. The third kappa shape index (κ3) is 5.65. The molecule has 1 amide bonds. The number of halogens is 3. The van der Waals surface area contributed by atoms with Crippen LogP contribution >= 0.6 is 0 Å². The van der Waals surface area contributed by atoms with Gasteiger partial charge in [-0.1, -0.05) is 6.07 Å². The number of aromatic nitrogens is 4. The minimum Gasteiger partial charge on any atom is -0.474 e.